The molecule has 258 valence electrons. The number of ether oxygens (including phenoxy) is 5. The van der Waals surface area contributed by atoms with Crippen molar-refractivity contribution in [1.82, 2.24) is 4.90 Å². The molecule has 0 saturated carbocycles. The molecular weight excluding hydrogens is 607 g/mol. The van der Waals surface area contributed by atoms with Crippen molar-refractivity contribution in [1.29, 1.82) is 0 Å². The highest BCUT2D eigenvalue weighted by Crippen LogP contribution is 2.49. The van der Waals surface area contributed by atoms with Gasteiger partial charge in [0.2, 0.25) is 18.4 Å². The van der Waals surface area contributed by atoms with Gasteiger partial charge in [-0.2, -0.15) is 0 Å². The van der Waals surface area contributed by atoms with Crippen molar-refractivity contribution in [3.8, 4) is 17.2 Å². The zero-order valence-corrected chi connectivity index (χ0v) is 28.4. The fraction of sp³-hybridized carbons (Fsp3) is 0.611. The quantitative estimate of drug-likeness (QED) is 0.257. The molecule has 3 aliphatic heterocycles. The molecule has 2 aromatic carbocycles. The zero-order chi connectivity index (χ0) is 33.9. The maximum atomic E-state index is 14.6. The van der Waals surface area contributed by atoms with Crippen molar-refractivity contribution in [2.45, 2.75) is 91.0 Å². The molecule has 3 unspecified atom stereocenters. The van der Waals surface area contributed by atoms with Gasteiger partial charge in [0.25, 0.3) is 0 Å². The summed E-state index contributed by atoms with van der Waals surface area (Å²) in [5.74, 6) is -1.28. The van der Waals surface area contributed by atoms with Crippen LogP contribution in [0.1, 0.15) is 76.8 Å². The lowest BCUT2D eigenvalue weighted by Gasteiger charge is -2.38. The van der Waals surface area contributed by atoms with Gasteiger partial charge >= 0.3 is 5.97 Å². The van der Waals surface area contributed by atoms with Crippen LogP contribution in [0.4, 0.5) is 10.1 Å². The van der Waals surface area contributed by atoms with E-state index in [0.29, 0.717) is 54.7 Å². The number of hydrogen-bond donors (Lipinski definition) is 1. The highest BCUT2D eigenvalue weighted by Gasteiger charge is 2.51. The summed E-state index contributed by atoms with van der Waals surface area (Å²) in [7, 11) is 1.54. The minimum atomic E-state index is -0.948. The lowest BCUT2D eigenvalue weighted by atomic mass is 9.77. The number of halogens is 1. The second kappa shape index (κ2) is 14.8. The second-order valence-electron chi connectivity index (χ2n) is 13.6. The Morgan fingerprint density at radius 2 is 1.81 bits per heavy atom. The van der Waals surface area contributed by atoms with Crippen LogP contribution in [0.3, 0.4) is 0 Å². The summed E-state index contributed by atoms with van der Waals surface area (Å²) in [6.07, 6.45) is 3.28. The first-order valence-corrected chi connectivity index (χ1v) is 16.7. The number of carboxylic acid groups (broad SMARTS) is 1. The number of carbonyl (C=O) groups excluding carboxylic acids is 1. The highest BCUT2D eigenvalue weighted by atomic mass is 19.1. The van der Waals surface area contributed by atoms with Crippen LogP contribution in [0.15, 0.2) is 30.3 Å². The fourth-order valence-electron chi connectivity index (χ4n) is 7.55. The summed E-state index contributed by atoms with van der Waals surface area (Å²) in [5, 5.41) is 10.8. The van der Waals surface area contributed by atoms with Crippen molar-refractivity contribution in [3.05, 3.63) is 47.3 Å². The summed E-state index contributed by atoms with van der Waals surface area (Å²) in [6.45, 7) is 11.2. The van der Waals surface area contributed by atoms with Crippen molar-refractivity contribution >= 4 is 17.6 Å². The Morgan fingerprint density at radius 1 is 1.11 bits per heavy atom. The number of nitrogens with zero attached hydrogens (tertiary/aromatic N) is 2. The van der Waals surface area contributed by atoms with Crippen LogP contribution >= 0.6 is 0 Å². The number of carbonyl (C=O) groups is 2. The molecule has 11 heteroatoms. The number of amides is 1. The number of anilines is 1. The number of aliphatic carboxylic acids is 1. The van der Waals surface area contributed by atoms with Crippen molar-refractivity contribution in [2.75, 3.05) is 45.1 Å². The Hall–Kier alpha value is -3.41. The van der Waals surface area contributed by atoms with Gasteiger partial charge in [0.15, 0.2) is 17.8 Å². The molecule has 2 saturated heterocycles. The SMILES string of the molecule is CCCC(CCC)N(C(=O)CN1CC(c2cc(OC)c3c(c2)OCO3)C(C(=O)O)C1CC(C)(C)C1OCCO1)c1ccc(F)c(C)c1. The minimum Gasteiger partial charge on any atom is -0.493 e. The van der Waals surface area contributed by atoms with Crippen LogP contribution in [0, 0.1) is 24.1 Å². The van der Waals surface area contributed by atoms with Gasteiger partial charge in [-0.25, -0.2) is 4.39 Å². The van der Waals surface area contributed by atoms with E-state index in [1.807, 2.05) is 35.8 Å². The van der Waals surface area contributed by atoms with E-state index in [2.05, 4.69) is 13.8 Å². The van der Waals surface area contributed by atoms with E-state index >= 15 is 0 Å². The Kier molecular flexibility index (Phi) is 11.0. The Morgan fingerprint density at radius 3 is 2.43 bits per heavy atom. The zero-order valence-electron chi connectivity index (χ0n) is 28.4. The van der Waals surface area contributed by atoms with Gasteiger partial charge in [-0.15, -0.1) is 0 Å². The predicted octanol–water partition coefficient (Wildman–Crippen LogP) is 6.13. The van der Waals surface area contributed by atoms with Crippen LogP contribution in [0.25, 0.3) is 0 Å². The van der Waals surface area contributed by atoms with Crippen LogP contribution in [0.2, 0.25) is 0 Å². The van der Waals surface area contributed by atoms with Crippen molar-refractivity contribution in [2.24, 2.45) is 11.3 Å². The third kappa shape index (κ3) is 7.37. The normalized spacial score (nSPS) is 21.5. The molecule has 10 nitrogen and oxygen atoms in total. The summed E-state index contributed by atoms with van der Waals surface area (Å²) >= 11 is 0. The molecular formula is C36H49FN2O8. The van der Waals surface area contributed by atoms with Crippen LogP contribution in [0.5, 0.6) is 17.2 Å². The number of hydrogen-bond acceptors (Lipinski definition) is 8. The topological polar surface area (TPSA) is 107 Å². The molecule has 5 rings (SSSR count). The van der Waals surface area contributed by atoms with Crippen LogP contribution < -0.4 is 19.1 Å². The van der Waals surface area contributed by atoms with Crippen LogP contribution in [-0.2, 0) is 19.1 Å². The number of methoxy groups -OCH3 is 1. The third-order valence-corrected chi connectivity index (χ3v) is 9.77. The number of carboxylic acids is 1. The lowest BCUT2D eigenvalue weighted by Crippen LogP contribution is -2.49. The first kappa shape index (κ1) is 34.9. The molecule has 1 amide bonds. The average Bonchev–Trinajstić information content (AvgIpc) is 3.80. The van der Waals surface area contributed by atoms with Crippen molar-refractivity contribution < 1.29 is 42.8 Å². The standard InChI is InChI=1S/C36H49FN2O8/c1-7-9-24(10-8-2)39(25-11-12-27(37)22(3)15-25)31(40)20-38-19-26(23-16-29(43-6)33-30(17-23)46-21-47-33)32(34(41)42)28(38)18-36(4,5)35-44-13-14-45-35/h11-12,15-17,24,26,28,32,35H,7-10,13-14,18-21H2,1-6H3,(H,41,42). The summed E-state index contributed by atoms with van der Waals surface area (Å²) in [6, 6.07) is 7.85. The molecule has 0 aliphatic carbocycles. The maximum absolute atomic E-state index is 14.6. The molecule has 0 spiro atoms. The molecule has 0 bridgehead atoms. The van der Waals surface area contributed by atoms with Gasteiger partial charge < -0.3 is 33.7 Å². The fourth-order valence-corrected chi connectivity index (χ4v) is 7.55. The van der Waals surface area contributed by atoms with E-state index in [0.717, 1.165) is 31.2 Å². The van der Waals surface area contributed by atoms with E-state index in [9.17, 15) is 19.1 Å². The number of fused-ring (bicyclic) bond motifs is 1. The molecule has 0 aromatic heterocycles. The first-order valence-electron chi connectivity index (χ1n) is 16.7. The Labute approximate surface area is 277 Å². The van der Waals surface area contributed by atoms with E-state index in [1.165, 1.54) is 13.2 Å². The monoisotopic (exact) mass is 656 g/mol. The summed E-state index contributed by atoms with van der Waals surface area (Å²) in [4.78, 5) is 31.6. The van der Waals surface area contributed by atoms with Gasteiger partial charge in [0.1, 0.15) is 5.82 Å². The summed E-state index contributed by atoms with van der Waals surface area (Å²) < 4.78 is 43.1. The Bertz CT molecular complexity index is 1420. The number of benzene rings is 2. The number of aryl methyl sites for hydroxylation is 1. The van der Waals surface area contributed by atoms with Gasteiger partial charge in [-0.1, -0.05) is 40.5 Å². The van der Waals surface area contributed by atoms with Gasteiger partial charge in [-0.05, 0) is 67.6 Å². The number of likely N-dealkylation sites (tertiary alicyclic amines) is 1. The smallest absolute Gasteiger partial charge is 0.308 e. The molecule has 47 heavy (non-hydrogen) atoms. The molecule has 0 radical (unpaired) electrons. The average molecular weight is 657 g/mol. The largest absolute Gasteiger partial charge is 0.493 e. The van der Waals surface area contributed by atoms with Crippen molar-refractivity contribution in [3.63, 3.8) is 0 Å². The molecule has 3 heterocycles. The molecule has 3 aliphatic rings. The molecule has 2 aromatic rings. The molecule has 1 N–H and O–H groups in total. The predicted molar refractivity (Wildman–Crippen MR) is 175 cm³/mol. The van der Waals surface area contributed by atoms with E-state index in [-0.39, 0.29) is 31.1 Å². The summed E-state index contributed by atoms with van der Waals surface area (Å²) in [5.41, 5.74) is 1.31. The highest BCUT2D eigenvalue weighted by molar-refractivity contribution is 5.95. The third-order valence-electron chi connectivity index (χ3n) is 9.77. The van der Waals surface area contributed by atoms with Gasteiger partial charge in [0, 0.05) is 35.6 Å². The lowest BCUT2D eigenvalue weighted by molar-refractivity contribution is -0.147. The molecule has 3 atom stereocenters. The molecule has 2 fully saturated rings. The minimum absolute atomic E-state index is 0.00452. The van der Waals surface area contributed by atoms with Crippen LogP contribution in [-0.4, -0.2) is 80.5 Å². The first-order chi connectivity index (χ1) is 22.5. The Balaban J connectivity index is 1.54. The number of rotatable bonds is 14. The maximum Gasteiger partial charge on any atom is 0.308 e. The van der Waals surface area contributed by atoms with Gasteiger partial charge in [-0.3, -0.25) is 14.5 Å². The van der Waals surface area contributed by atoms with E-state index in [1.54, 1.807) is 19.1 Å². The van der Waals surface area contributed by atoms with Gasteiger partial charge in [0.05, 0.1) is 32.8 Å². The van der Waals surface area contributed by atoms with E-state index < -0.39 is 35.6 Å². The van der Waals surface area contributed by atoms with E-state index in [4.69, 9.17) is 23.7 Å². The second-order valence-corrected chi connectivity index (χ2v) is 13.6.